The highest BCUT2D eigenvalue weighted by molar-refractivity contribution is 7.26. The van der Waals surface area contributed by atoms with Crippen LogP contribution in [0, 0.1) is 0 Å². The Morgan fingerprint density at radius 1 is 0.386 bits per heavy atom. The molecule has 0 unspecified atom stereocenters. The van der Waals surface area contributed by atoms with E-state index < -0.39 is 0 Å². The summed E-state index contributed by atoms with van der Waals surface area (Å²) in [6.45, 7) is 0. The van der Waals surface area contributed by atoms with E-state index >= 15 is 0 Å². The van der Waals surface area contributed by atoms with Crippen LogP contribution in [0.1, 0.15) is 0 Å². The third-order valence-corrected chi connectivity index (χ3v) is 12.2. The van der Waals surface area contributed by atoms with Gasteiger partial charge in [-0.25, -0.2) is 15.0 Å². The average Bonchev–Trinajstić information content (AvgIpc) is 3.96. The van der Waals surface area contributed by atoms with Crippen LogP contribution < -0.4 is 0 Å². The quantitative estimate of drug-likeness (QED) is 0.176. The van der Waals surface area contributed by atoms with E-state index in [-0.39, 0.29) is 0 Å². The van der Waals surface area contributed by atoms with Crippen LogP contribution in [0.2, 0.25) is 0 Å². The van der Waals surface area contributed by atoms with Crippen LogP contribution in [0.25, 0.3) is 115 Å². The molecule has 12 rings (SSSR count). The largest absolute Gasteiger partial charge is 0.456 e. The fraction of sp³-hybridized carbons (Fsp3) is 0. The molecule has 0 N–H and O–H groups in total. The molecule has 4 aromatic heterocycles. The van der Waals surface area contributed by atoms with Gasteiger partial charge in [-0.05, 0) is 65.7 Å². The molecule has 0 saturated heterocycles. The van der Waals surface area contributed by atoms with Crippen LogP contribution in [-0.4, -0.2) is 19.5 Å². The van der Waals surface area contributed by atoms with Gasteiger partial charge in [-0.15, -0.1) is 11.3 Å². The minimum Gasteiger partial charge on any atom is -0.456 e. The molecule has 8 aromatic carbocycles. The summed E-state index contributed by atoms with van der Waals surface area (Å²) in [6.07, 6.45) is 0. The van der Waals surface area contributed by atoms with E-state index in [9.17, 15) is 0 Å². The second kappa shape index (κ2) is 12.6. The van der Waals surface area contributed by atoms with Crippen molar-refractivity contribution in [1.29, 1.82) is 0 Å². The number of hydrogen-bond acceptors (Lipinski definition) is 5. The molecule has 12 aromatic rings. The van der Waals surface area contributed by atoms with E-state index in [1.165, 1.54) is 53.2 Å². The van der Waals surface area contributed by atoms with Gasteiger partial charge in [-0.1, -0.05) is 127 Å². The molecule has 0 radical (unpaired) electrons. The van der Waals surface area contributed by atoms with E-state index in [2.05, 4.69) is 126 Å². The number of rotatable bonds is 5. The first-order chi connectivity index (χ1) is 28.2. The van der Waals surface area contributed by atoms with Gasteiger partial charge in [0.05, 0.1) is 16.7 Å². The Morgan fingerprint density at radius 2 is 0.895 bits per heavy atom. The zero-order valence-corrected chi connectivity index (χ0v) is 31.2. The van der Waals surface area contributed by atoms with Gasteiger partial charge in [0.2, 0.25) is 0 Å². The van der Waals surface area contributed by atoms with Gasteiger partial charge in [-0.2, -0.15) is 0 Å². The number of fused-ring (bicyclic) bond motifs is 9. The highest BCUT2D eigenvalue weighted by atomic mass is 32.1. The van der Waals surface area contributed by atoms with Crippen molar-refractivity contribution in [2.24, 2.45) is 0 Å². The lowest BCUT2D eigenvalue weighted by Crippen LogP contribution is -2.00. The number of nitrogens with zero attached hydrogens (tertiary/aromatic N) is 4. The molecule has 6 heteroatoms. The second-order valence-electron chi connectivity index (χ2n) is 14.4. The van der Waals surface area contributed by atoms with Crippen LogP contribution in [0.3, 0.4) is 0 Å². The van der Waals surface area contributed by atoms with Crippen molar-refractivity contribution in [3.05, 3.63) is 182 Å². The molecule has 0 aliphatic rings. The summed E-state index contributed by atoms with van der Waals surface area (Å²) in [6, 6.07) is 63.8. The van der Waals surface area contributed by atoms with Gasteiger partial charge in [-0.3, -0.25) is 0 Å². The van der Waals surface area contributed by atoms with Gasteiger partial charge >= 0.3 is 0 Å². The van der Waals surface area contributed by atoms with E-state index in [0.717, 1.165) is 44.2 Å². The Labute approximate surface area is 330 Å². The number of para-hydroxylation sites is 2. The van der Waals surface area contributed by atoms with Crippen molar-refractivity contribution in [2.75, 3.05) is 0 Å². The normalized spacial score (nSPS) is 11.9. The zero-order valence-electron chi connectivity index (χ0n) is 30.4. The smallest absolute Gasteiger partial charge is 0.164 e. The average molecular weight is 747 g/mol. The van der Waals surface area contributed by atoms with Crippen LogP contribution in [0.5, 0.6) is 0 Å². The van der Waals surface area contributed by atoms with Crippen molar-refractivity contribution < 1.29 is 4.42 Å². The third kappa shape index (κ3) is 5.04. The fourth-order valence-electron chi connectivity index (χ4n) is 8.48. The summed E-state index contributed by atoms with van der Waals surface area (Å²) >= 11 is 1.85. The van der Waals surface area contributed by atoms with Gasteiger partial charge in [0.25, 0.3) is 0 Å². The first kappa shape index (κ1) is 31.9. The lowest BCUT2D eigenvalue weighted by Gasteiger charge is -2.12. The topological polar surface area (TPSA) is 56.7 Å². The Kier molecular flexibility index (Phi) is 7.03. The molecular weight excluding hydrogens is 717 g/mol. The number of hydrogen-bond donors (Lipinski definition) is 0. The molecule has 0 amide bonds. The summed E-state index contributed by atoms with van der Waals surface area (Å²) in [5.74, 6) is 1.86. The molecule has 57 heavy (non-hydrogen) atoms. The van der Waals surface area contributed by atoms with Crippen molar-refractivity contribution in [3.63, 3.8) is 0 Å². The van der Waals surface area contributed by atoms with Gasteiger partial charge in [0, 0.05) is 58.4 Å². The van der Waals surface area contributed by atoms with Crippen LogP contribution >= 0.6 is 11.3 Å². The third-order valence-electron chi connectivity index (χ3n) is 11.1. The molecule has 5 nitrogen and oxygen atoms in total. The SMILES string of the molecule is c1ccc(-c2nc(-c3ccccc3)nc(-c3ccc4c(c3)oc3cc(-c5cccc6sc7cccc(-n8c9ccccc9c9ccccc98)c7c56)ccc34)n2)cc1. The minimum atomic E-state index is 0.598. The van der Waals surface area contributed by atoms with E-state index in [1.807, 2.05) is 72.0 Å². The molecular formula is C51H30N4OS. The highest BCUT2D eigenvalue weighted by Gasteiger charge is 2.20. The summed E-state index contributed by atoms with van der Waals surface area (Å²) in [5, 5.41) is 7.15. The molecule has 0 fully saturated rings. The van der Waals surface area contributed by atoms with Crippen LogP contribution in [-0.2, 0) is 0 Å². The maximum atomic E-state index is 6.69. The highest BCUT2D eigenvalue weighted by Crippen LogP contribution is 2.45. The molecule has 0 aliphatic heterocycles. The Balaban J connectivity index is 1.01. The minimum absolute atomic E-state index is 0.598. The van der Waals surface area contributed by atoms with Gasteiger partial charge in [0.15, 0.2) is 17.5 Å². The molecule has 4 heterocycles. The Morgan fingerprint density at radius 3 is 1.53 bits per heavy atom. The summed E-state index contributed by atoms with van der Waals surface area (Å²) in [7, 11) is 0. The summed E-state index contributed by atoms with van der Waals surface area (Å²) < 4.78 is 11.7. The van der Waals surface area contributed by atoms with Crippen molar-refractivity contribution >= 4 is 75.3 Å². The molecule has 0 atom stereocenters. The Bertz CT molecular complexity index is 3420. The summed E-state index contributed by atoms with van der Waals surface area (Å²) in [5.41, 5.74) is 10.3. The van der Waals surface area contributed by atoms with Crippen molar-refractivity contribution in [3.8, 4) is 51.0 Å². The number of aromatic nitrogens is 4. The van der Waals surface area contributed by atoms with Crippen molar-refractivity contribution in [2.45, 2.75) is 0 Å². The van der Waals surface area contributed by atoms with E-state index in [4.69, 9.17) is 19.4 Å². The number of thiophene rings is 1. The standard InChI is InChI=1S/C51H30N4OS/c1-3-13-31(14-4-1)49-52-50(32-15-5-2-6-16-32)54-51(53-49)34-26-28-39-38-27-25-33(29-43(38)56-44(39)30-34)35-19-11-23-45-47(35)48-42(22-12-24-46(48)57-45)55-40-20-9-7-17-36(40)37-18-8-10-21-41(37)55/h1-30H. The molecule has 0 bridgehead atoms. The zero-order chi connectivity index (χ0) is 37.5. The maximum absolute atomic E-state index is 6.69. The lowest BCUT2D eigenvalue weighted by atomic mass is 9.97. The number of furan rings is 1. The molecule has 0 saturated carbocycles. The molecule has 0 aliphatic carbocycles. The molecule has 266 valence electrons. The predicted octanol–water partition coefficient (Wildman–Crippen LogP) is 13.9. The fourth-order valence-corrected chi connectivity index (χ4v) is 9.63. The first-order valence-corrected chi connectivity index (χ1v) is 19.8. The van der Waals surface area contributed by atoms with Gasteiger partial charge in [0.1, 0.15) is 11.2 Å². The maximum Gasteiger partial charge on any atom is 0.164 e. The van der Waals surface area contributed by atoms with Gasteiger partial charge < -0.3 is 8.98 Å². The first-order valence-electron chi connectivity index (χ1n) is 19.0. The van der Waals surface area contributed by atoms with E-state index in [1.54, 1.807) is 0 Å². The second-order valence-corrected chi connectivity index (χ2v) is 15.4. The van der Waals surface area contributed by atoms with Crippen molar-refractivity contribution in [1.82, 2.24) is 19.5 Å². The Hall–Kier alpha value is -7.41. The predicted molar refractivity (Wildman–Crippen MR) is 236 cm³/mol. The summed E-state index contributed by atoms with van der Waals surface area (Å²) in [4.78, 5) is 14.8. The molecule has 0 spiro atoms. The van der Waals surface area contributed by atoms with E-state index in [0.29, 0.717) is 17.5 Å². The van der Waals surface area contributed by atoms with Crippen LogP contribution in [0.15, 0.2) is 186 Å². The van der Waals surface area contributed by atoms with Crippen LogP contribution in [0.4, 0.5) is 0 Å². The number of benzene rings is 8. The monoisotopic (exact) mass is 746 g/mol. The lowest BCUT2D eigenvalue weighted by molar-refractivity contribution is 0.669.